The Morgan fingerprint density at radius 2 is 2.19 bits per heavy atom. The van der Waals surface area contributed by atoms with Gasteiger partial charge in [-0.3, -0.25) is 4.84 Å². The monoisotopic (exact) mass is 357 g/mol. The molecule has 1 heterocycles. The Morgan fingerprint density at radius 1 is 1.48 bits per heavy atom. The van der Waals surface area contributed by atoms with E-state index in [1.807, 2.05) is 18.2 Å². The van der Waals surface area contributed by atoms with Crippen molar-refractivity contribution in [2.24, 2.45) is 5.90 Å². The van der Waals surface area contributed by atoms with Crippen LogP contribution in [-0.4, -0.2) is 23.8 Å². The quantitative estimate of drug-likeness (QED) is 0.665. The summed E-state index contributed by atoms with van der Waals surface area (Å²) in [5.74, 6) is 5.53. The second-order valence-corrected chi connectivity index (χ2v) is 6.95. The topological polar surface area (TPSA) is 70.8 Å². The highest BCUT2D eigenvalue weighted by Gasteiger charge is 2.36. The maximum Gasteiger partial charge on any atom is 0.341 e. The molecule has 1 aromatic rings. The normalized spacial score (nSPS) is 19.4. The van der Waals surface area contributed by atoms with Crippen molar-refractivity contribution in [1.29, 1.82) is 0 Å². The highest BCUT2D eigenvalue weighted by molar-refractivity contribution is 9.10. The summed E-state index contributed by atoms with van der Waals surface area (Å²) in [6.45, 7) is 5.40. The maximum atomic E-state index is 12.1. The van der Waals surface area contributed by atoms with E-state index >= 15 is 0 Å². The summed E-state index contributed by atoms with van der Waals surface area (Å²) in [6, 6.07) is 5.78. The Kier molecular flexibility index (Phi) is 4.91. The van der Waals surface area contributed by atoms with E-state index in [4.69, 9.17) is 20.2 Å². The van der Waals surface area contributed by atoms with Gasteiger partial charge in [-0.15, -0.1) is 0 Å². The van der Waals surface area contributed by atoms with E-state index in [2.05, 4.69) is 15.9 Å². The molecule has 0 amide bonds. The van der Waals surface area contributed by atoms with E-state index in [1.54, 1.807) is 20.8 Å². The Labute approximate surface area is 132 Å². The molecule has 1 unspecified atom stereocenters. The molecule has 1 aliphatic heterocycles. The zero-order valence-corrected chi connectivity index (χ0v) is 14.0. The van der Waals surface area contributed by atoms with Gasteiger partial charge in [0.1, 0.15) is 17.5 Å². The number of hydrogen-bond donors (Lipinski definition) is 1. The summed E-state index contributed by atoms with van der Waals surface area (Å²) in [5.41, 5.74) is 0.506. The summed E-state index contributed by atoms with van der Waals surface area (Å²) in [4.78, 5) is 17.0. The standard InChI is InChI=1S/C15H20BrNO4/c1-15(2,3)20-14(18)13(21-17)12-6-4-9-8-10(16)5-7-11(9)19-12/h5,7-8,12-13H,4,6,17H2,1-3H3/t12?,13-/m0/s1. The van der Waals surface area contributed by atoms with Crippen molar-refractivity contribution in [3.8, 4) is 5.75 Å². The first-order valence-electron chi connectivity index (χ1n) is 6.83. The number of nitrogens with two attached hydrogens (primary N) is 1. The molecule has 0 bridgehead atoms. The minimum Gasteiger partial charge on any atom is -0.487 e. The highest BCUT2D eigenvalue weighted by atomic mass is 79.9. The van der Waals surface area contributed by atoms with Crippen LogP contribution in [0.25, 0.3) is 0 Å². The highest BCUT2D eigenvalue weighted by Crippen LogP contribution is 2.31. The predicted octanol–water partition coefficient (Wildman–Crippen LogP) is 2.74. The molecule has 6 heteroatoms. The number of carbonyl (C=O) groups is 1. The third kappa shape index (κ3) is 4.18. The van der Waals surface area contributed by atoms with Gasteiger partial charge < -0.3 is 9.47 Å². The molecule has 2 N–H and O–H groups in total. The van der Waals surface area contributed by atoms with E-state index in [0.717, 1.165) is 22.2 Å². The molecule has 0 radical (unpaired) electrons. The zero-order chi connectivity index (χ0) is 15.6. The molecule has 0 fully saturated rings. The lowest BCUT2D eigenvalue weighted by molar-refractivity contribution is -0.176. The van der Waals surface area contributed by atoms with Gasteiger partial charge in [-0.05, 0) is 57.4 Å². The lowest BCUT2D eigenvalue weighted by atomic mass is 9.99. The van der Waals surface area contributed by atoms with Crippen LogP contribution in [0.5, 0.6) is 5.75 Å². The summed E-state index contributed by atoms with van der Waals surface area (Å²) < 4.78 is 12.2. The third-order valence-corrected chi connectivity index (χ3v) is 3.62. The molecule has 0 saturated carbocycles. The van der Waals surface area contributed by atoms with Gasteiger partial charge in [0.2, 0.25) is 6.10 Å². The van der Waals surface area contributed by atoms with Gasteiger partial charge in [0.25, 0.3) is 0 Å². The molecule has 2 atom stereocenters. The maximum absolute atomic E-state index is 12.1. The molecule has 1 aliphatic rings. The fourth-order valence-electron chi connectivity index (χ4n) is 2.25. The van der Waals surface area contributed by atoms with Gasteiger partial charge in [-0.1, -0.05) is 15.9 Å². The first-order chi connectivity index (χ1) is 9.80. The van der Waals surface area contributed by atoms with Crippen LogP contribution in [0.4, 0.5) is 0 Å². The van der Waals surface area contributed by atoms with Crippen LogP contribution in [0.3, 0.4) is 0 Å². The molecule has 2 rings (SSSR count). The average Bonchev–Trinajstić information content (AvgIpc) is 2.37. The van der Waals surface area contributed by atoms with Crippen LogP contribution in [0.1, 0.15) is 32.8 Å². The van der Waals surface area contributed by atoms with Crippen molar-refractivity contribution in [1.82, 2.24) is 0 Å². The third-order valence-electron chi connectivity index (χ3n) is 3.12. The Morgan fingerprint density at radius 3 is 2.81 bits per heavy atom. The summed E-state index contributed by atoms with van der Waals surface area (Å²) >= 11 is 3.43. The molecule has 1 aromatic carbocycles. The molecule has 5 nitrogen and oxygen atoms in total. The minimum atomic E-state index is -0.930. The van der Waals surface area contributed by atoms with Crippen LogP contribution >= 0.6 is 15.9 Å². The van der Waals surface area contributed by atoms with Gasteiger partial charge in [0, 0.05) is 4.47 Å². The molecular formula is C15H20BrNO4. The van der Waals surface area contributed by atoms with Gasteiger partial charge >= 0.3 is 5.97 Å². The van der Waals surface area contributed by atoms with Crippen molar-refractivity contribution in [2.75, 3.05) is 0 Å². The number of aryl methyl sites for hydroxylation is 1. The number of hydrogen-bond acceptors (Lipinski definition) is 5. The van der Waals surface area contributed by atoms with Gasteiger partial charge in [-0.25, -0.2) is 10.7 Å². The zero-order valence-electron chi connectivity index (χ0n) is 12.4. The second kappa shape index (κ2) is 6.34. The van der Waals surface area contributed by atoms with Crippen LogP contribution in [0.2, 0.25) is 0 Å². The first kappa shape index (κ1) is 16.3. The van der Waals surface area contributed by atoms with Crippen molar-refractivity contribution >= 4 is 21.9 Å². The van der Waals surface area contributed by atoms with Crippen molar-refractivity contribution in [2.45, 2.75) is 51.4 Å². The predicted molar refractivity (Wildman–Crippen MR) is 81.8 cm³/mol. The molecule has 116 valence electrons. The van der Waals surface area contributed by atoms with Crippen molar-refractivity contribution < 1.29 is 19.1 Å². The first-order valence-corrected chi connectivity index (χ1v) is 7.63. The lowest BCUT2D eigenvalue weighted by Gasteiger charge is -2.31. The Bertz CT molecular complexity index is 527. The molecule has 0 spiro atoms. The fourth-order valence-corrected chi connectivity index (χ4v) is 2.65. The van der Waals surface area contributed by atoms with E-state index < -0.39 is 23.8 Å². The van der Waals surface area contributed by atoms with Gasteiger partial charge in [-0.2, -0.15) is 0 Å². The second-order valence-electron chi connectivity index (χ2n) is 6.04. The molecular weight excluding hydrogens is 338 g/mol. The lowest BCUT2D eigenvalue weighted by Crippen LogP contribution is -2.46. The number of fused-ring (bicyclic) bond motifs is 1. The van der Waals surface area contributed by atoms with Crippen LogP contribution in [0.15, 0.2) is 22.7 Å². The fraction of sp³-hybridized carbons (Fsp3) is 0.533. The number of esters is 1. The Balaban J connectivity index is 2.11. The van der Waals surface area contributed by atoms with Crippen molar-refractivity contribution in [3.63, 3.8) is 0 Å². The van der Waals surface area contributed by atoms with Crippen LogP contribution in [-0.2, 0) is 20.8 Å². The number of ether oxygens (including phenoxy) is 2. The van der Waals surface area contributed by atoms with E-state index in [1.165, 1.54) is 0 Å². The molecule has 0 aromatic heterocycles. The smallest absolute Gasteiger partial charge is 0.341 e. The number of benzene rings is 1. The largest absolute Gasteiger partial charge is 0.487 e. The van der Waals surface area contributed by atoms with Crippen LogP contribution in [0, 0.1) is 0 Å². The van der Waals surface area contributed by atoms with Gasteiger partial charge in [0.05, 0.1) is 0 Å². The summed E-state index contributed by atoms with van der Waals surface area (Å²) in [7, 11) is 0. The SMILES string of the molecule is CC(C)(C)OC(=O)[C@@H](ON)C1CCc2cc(Br)ccc2O1. The number of carbonyl (C=O) groups excluding carboxylic acids is 1. The number of halogens is 1. The molecule has 0 aliphatic carbocycles. The summed E-state index contributed by atoms with van der Waals surface area (Å²) in [6.07, 6.45) is 0.0617. The van der Waals surface area contributed by atoms with Gasteiger partial charge in [0.15, 0.2) is 0 Å². The van der Waals surface area contributed by atoms with Crippen LogP contribution < -0.4 is 10.6 Å². The molecule has 0 saturated heterocycles. The van der Waals surface area contributed by atoms with E-state index in [9.17, 15) is 4.79 Å². The average molecular weight is 358 g/mol. The van der Waals surface area contributed by atoms with E-state index in [-0.39, 0.29) is 0 Å². The molecule has 21 heavy (non-hydrogen) atoms. The number of rotatable bonds is 3. The Hall–Kier alpha value is -1.11. The minimum absolute atomic E-state index is 0.446. The van der Waals surface area contributed by atoms with E-state index in [0.29, 0.717) is 6.42 Å². The summed E-state index contributed by atoms with van der Waals surface area (Å²) in [5, 5.41) is 0. The van der Waals surface area contributed by atoms with Crippen molar-refractivity contribution in [3.05, 3.63) is 28.2 Å².